The van der Waals surface area contributed by atoms with Crippen LogP contribution in [-0.4, -0.2) is 41.9 Å². The van der Waals surface area contributed by atoms with Crippen LogP contribution in [0.25, 0.3) is 0 Å². The van der Waals surface area contributed by atoms with E-state index in [4.69, 9.17) is 0 Å². The summed E-state index contributed by atoms with van der Waals surface area (Å²) in [7, 11) is 0. The highest BCUT2D eigenvalue weighted by Crippen LogP contribution is 2.23. The number of carbonyl (C=O) groups excluding carboxylic acids is 2. The van der Waals surface area contributed by atoms with Crippen molar-refractivity contribution in [3.05, 3.63) is 52.5 Å². The van der Waals surface area contributed by atoms with Crippen LogP contribution in [-0.2, 0) is 9.59 Å². The molecule has 1 unspecified atom stereocenters. The van der Waals surface area contributed by atoms with Crippen molar-refractivity contribution in [3.63, 3.8) is 0 Å². The standard InChI is InChI=1S/C22H28FN3O2S/c1-22(2,3)26(14-20(27)24-17-10-8-16(23)9-11-17)21(28)15-25-12-4-6-18(25)19-7-5-13-29-19/h5,7-11,13,18H,4,6,12,14-15H2,1-3H3,(H,24,27)/p+1/t18-/m0/s1. The molecule has 2 atom stereocenters. The van der Waals surface area contributed by atoms with Crippen molar-refractivity contribution in [2.24, 2.45) is 0 Å². The molecule has 1 aliphatic rings. The van der Waals surface area contributed by atoms with Gasteiger partial charge < -0.3 is 15.1 Å². The lowest BCUT2D eigenvalue weighted by Gasteiger charge is -2.36. The van der Waals surface area contributed by atoms with E-state index in [-0.39, 0.29) is 24.2 Å². The lowest BCUT2D eigenvalue weighted by atomic mass is 10.1. The summed E-state index contributed by atoms with van der Waals surface area (Å²) in [6.45, 7) is 7.12. The lowest BCUT2D eigenvalue weighted by Crippen LogP contribution is -3.11. The molecule has 1 aromatic heterocycles. The number of nitrogens with one attached hydrogen (secondary N) is 2. The van der Waals surface area contributed by atoms with Gasteiger partial charge in [-0.25, -0.2) is 4.39 Å². The van der Waals surface area contributed by atoms with Gasteiger partial charge in [0.05, 0.1) is 11.4 Å². The highest BCUT2D eigenvalue weighted by molar-refractivity contribution is 7.10. The Balaban J connectivity index is 1.65. The van der Waals surface area contributed by atoms with Gasteiger partial charge in [0.1, 0.15) is 18.4 Å². The molecule has 0 spiro atoms. The van der Waals surface area contributed by atoms with Gasteiger partial charge in [-0.05, 0) is 56.5 Å². The number of benzene rings is 1. The van der Waals surface area contributed by atoms with E-state index < -0.39 is 5.54 Å². The average molecular weight is 419 g/mol. The van der Waals surface area contributed by atoms with E-state index in [2.05, 4.69) is 22.8 Å². The maximum atomic E-state index is 13.2. The number of amides is 2. The van der Waals surface area contributed by atoms with Crippen molar-refractivity contribution >= 4 is 28.8 Å². The minimum Gasteiger partial charge on any atom is -0.325 e. The van der Waals surface area contributed by atoms with E-state index in [9.17, 15) is 14.0 Å². The largest absolute Gasteiger partial charge is 0.325 e. The summed E-state index contributed by atoms with van der Waals surface area (Å²) in [5.74, 6) is -0.667. The zero-order chi connectivity index (χ0) is 21.0. The van der Waals surface area contributed by atoms with Crippen molar-refractivity contribution in [1.82, 2.24) is 4.90 Å². The van der Waals surface area contributed by atoms with Crippen LogP contribution >= 0.6 is 11.3 Å². The molecule has 1 saturated heterocycles. The number of carbonyl (C=O) groups is 2. The smallest absolute Gasteiger partial charge is 0.278 e. The van der Waals surface area contributed by atoms with Crippen molar-refractivity contribution in [1.29, 1.82) is 0 Å². The molecule has 7 heteroatoms. The molecule has 5 nitrogen and oxygen atoms in total. The van der Waals surface area contributed by atoms with E-state index in [1.165, 1.54) is 34.0 Å². The normalized spacial score (nSPS) is 19.2. The van der Waals surface area contributed by atoms with Crippen LogP contribution in [0, 0.1) is 5.82 Å². The summed E-state index contributed by atoms with van der Waals surface area (Å²) < 4.78 is 13.1. The third-order valence-corrected chi connectivity index (χ3v) is 6.27. The lowest BCUT2D eigenvalue weighted by molar-refractivity contribution is -0.910. The van der Waals surface area contributed by atoms with E-state index in [1.54, 1.807) is 16.2 Å². The van der Waals surface area contributed by atoms with Gasteiger partial charge in [0.15, 0.2) is 6.54 Å². The van der Waals surface area contributed by atoms with Crippen LogP contribution in [0.4, 0.5) is 10.1 Å². The first-order valence-electron chi connectivity index (χ1n) is 9.98. The van der Waals surface area contributed by atoms with Crippen LogP contribution in [0.15, 0.2) is 41.8 Å². The molecular weight excluding hydrogens is 389 g/mol. The Bertz CT molecular complexity index is 831. The third kappa shape index (κ3) is 5.64. The molecule has 2 heterocycles. The van der Waals surface area contributed by atoms with E-state index in [1.807, 2.05) is 20.8 Å². The Hall–Kier alpha value is -2.25. The number of hydrogen-bond donors (Lipinski definition) is 2. The number of nitrogens with zero attached hydrogens (tertiary/aromatic N) is 1. The second-order valence-electron chi connectivity index (χ2n) is 8.50. The minimum atomic E-state index is -0.477. The Morgan fingerprint density at radius 1 is 1.24 bits per heavy atom. The average Bonchev–Trinajstić information content (AvgIpc) is 3.32. The van der Waals surface area contributed by atoms with Crippen molar-refractivity contribution in [2.45, 2.75) is 45.2 Å². The van der Waals surface area contributed by atoms with Gasteiger partial charge in [-0.3, -0.25) is 9.59 Å². The summed E-state index contributed by atoms with van der Waals surface area (Å²) in [6.07, 6.45) is 2.19. The SMILES string of the molecule is CC(C)(C)N(CC(=O)Nc1ccc(F)cc1)C(=O)C[NH+]1CCC[C@H]1c1cccs1. The van der Waals surface area contributed by atoms with E-state index in [0.29, 0.717) is 18.3 Å². The first kappa shape index (κ1) is 21.5. The van der Waals surface area contributed by atoms with Crippen molar-refractivity contribution in [3.8, 4) is 0 Å². The molecule has 0 radical (unpaired) electrons. The molecule has 0 saturated carbocycles. The fourth-order valence-electron chi connectivity index (χ4n) is 3.82. The highest BCUT2D eigenvalue weighted by atomic mass is 32.1. The molecule has 3 rings (SSSR count). The Morgan fingerprint density at radius 3 is 2.59 bits per heavy atom. The molecule has 1 aliphatic heterocycles. The zero-order valence-electron chi connectivity index (χ0n) is 17.2. The van der Waals surface area contributed by atoms with Crippen LogP contribution < -0.4 is 10.2 Å². The van der Waals surface area contributed by atoms with Gasteiger partial charge in [0.2, 0.25) is 5.91 Å². The zero-order valence-corrected chi connectivity index (χ0v) is 18.0. The molecule has 2 amide bonds. The topological polar surface area (TPSA) is 53.9 Å². The highest BCUT2D eigenvalue weighted by Gasteiger charge is 2.36. The van der Waals surface area contributed by atoms with Crippen LogP contribution in [0.5, 0.6) is 0 Å². The summed E-state index contributed by atoms with van der Waals surface area (Å²) in [5, 5.41) is 4.82. The number of likely N-dealkylation sites (tertiary alicyclic amines) is 1. The number of quaternary nitrogens is 1. The summed E-state index contributed by atoms with van der Waals surface area (Å²) in [6, 6.07) is 10.2. The summed E-state index contributed by atoms with van der Waals surface area (Å²) in [4.78, 5) is 29.9. The van der Waals surface area contributed by atoms with Gasteiger partial charge in [-0.15, -0.1) is 11.3 Å². The molecule has 0 bridgehead atoms. The molecular formula is C22H29FN3O2S+. The quantitative estimate of drug-likeness (QED) is 0.758. The molecule has 156 valence electrons. The predicted octanol–water partition coefficient (Wildman–Crippen LogP) is 2.87. The monoisotopic (exact) mass is 418 g/mol. The van der Waals surface area contributed by atoms with Gasteiger partial charge in [-0.2, -0.15) is 0 Å². The first-order valence-corrected chi connectivity index (χ1v) is 10.9. The number of anilines is 1. The van der Waals surface area contributed by atoms with Gasteiger partial charge in [-0.1, -0.05) is 6.07 Å². The fraction of sp³-hybridized carbons (Fsp3) is 0.455. The van der Waals surface area contributed by atoms with Gasteiger partial charge in [0, 0.05) is 24.1 Å². The third-order valence-electron chi connectivity index (χ3n) is 5.29. The Morgan fingerprint density at radius 2 is 1.97 bits per heavy atom. The number of thiophene rings is 1. The minimum absolute atomic E-state index is 0.0230. The second kappa shape index (κ2) is 9.05. The van der Waals surface area contributed by atoms with Crippen molar-refractivity contribution in [2.75, 3.05) is 25.0 Å². The second-order valence-corrected chi connectivity index (χ2v) is 9.48. The number of halogens is 1. The van der Waals surface area contributed by atoms with E-state index >= 15 is 0 Å². The molecule has 29 heavy (non-hydrogen) atoms. The fourth-order valence-corrected chi connectivity index (χ4v) is 4.74. The van der Waals surface area contributed by atoms with Crippen molar-refractivity contribution < 1.29 is 18.9 Å². The molecule has 2 aromatic rings. The maximum Gasteiger partial charge on any atom is 0.278 e. The van der Waals surface area contributed by atoms with E-state index in [0.717, 1.165) is 19.4 Å². The number of rotatable bonds is 6. The predicted molar refractivity (Wildman–Crippen MR) is 113 cm³/mol. The number of hydrogen-bond acceptors (Lipinski definition) is 3. The van der Waals surface area contributed by atoms with Crippen LogP contribution in [0.2, 0.25) is 0 Å². The molecule has 1 aromatic carbocycles. The maximum absolute atomic E-state index is 13.2. The summed E-state index contributed by atoms with van der Waals surface area (Å²) >= 11 is 1.74. The molecule has 2 N–H and O–H groups in total. The molecule has 1 fully saturated rings. The Kier molecular flexibility index (Phi) is 6.70. The van der Waals surface area contributed by atoms with Crippen LogP contribution in [0.1, 0.15) is 44.5 Å². The molecule has 0 aliphatic carbocycles. The van der Waals surface area contributed by atoms with Gasteiger partial charge in [0.25, 0.3) is 5.91 Å². The Labute approximate surface area is 175 Å². The summed E-state index contributed by atoms with van der Waals surface area (Å²) in [5.41, 5.74) is 0.0371. The van der Waals surface area contributed by atoms with Crippen LogP contribution in [0.3, 0.4) is 0 Å². The van der Waals surface area contributed by atoms with Gasteiger partial charge >= 0.3 is 0 Å². The first-order chi connectivity index (χ1) is 13.7.